The molecule has 0 fully saturated rings. The summed E-state index contributed by atoms with van der Waals surface area (Å²) in [6.07, 6.45) is 0.668. The highest BCUT2D eigenvalue weighted by Crippen LogP contribution is 2.25. The van der Waals surface area contributed by atoms with Crippen LogP contribution in [0.3, 0.4) is 0 Å². The molecule has 0 saturated carbocycles. The van der Waals surface area contributed by atoms with Crippen LogP contribution in [0, 0.1) is 0 Å². The lowest BCUT2D eigenvalue weighted by Gasteiger charge is -2.28. The Hall–Kier alpha value is -2.49. The molecule has 0 radical (unpaired) electrons. The third-order valence-corrected chi connectivity index (χ3v) is 6.54. The molecule has 1 heterocycles. The van der Waals surface area contributed by atoms with Crippen LogP contribution in [0.25, 0.3) is 0 Å². The van der Waals surface area contributed by atoms with E-state index in [0.29, 0.717) is 26.1 Å². The maximum Gasteiger partial charge on any atom is 0.269 e. The molecule has 0 bridgehead atoms. The molecule has 0 atom stereocenters. The molecule has 2 aromatic rings. The number of amides is 1. The van der Waals surface area contributed by atoms with Crippen molar-refractivity contribution >= 4 is 33.3 Å². The molecule has 3 rings (SSSR count). The van der Waals surface area contributed by atoms with Gasteiger partial charge in [0.1, 0.15) is 0 Å². The lowest BCUT2D eigenvalue weighted by atomic mass is 10.0. The summed E-state index contributed by atoms with van der Waals surface area (Å²) in [5.74, 6) is -0.471. The highest BCUT2D eigenvalue weighted by molar-refractivity contribution is 7.89. The Balaban J connectivity index is 1.75. The summed E-state index contributed by atoms with van der Waals surface area (Å²) in [6.45, 7) is 3.24. The first-order valence-corrected chi connectivity index (χ1v) is 10.8. The Kier molecular flexibility index (Phi) is 6.28. The molecule has 2 aromatic carbocycles. The fourth-order valence-electron chi connectivity index (χ4n) is 3.01. The molecule has 0 aromatic heterocycles. The molecular weight excluding hydrogens is 396 g/mol. The number of fused-ring (bicyclic) bond motifs is 1. The van der Waals surface area contributed by atoms with Crippen molar-refractivity contribution in [2.75, 3.05) is 13.1 Å². The number of hydrogen-bond donors (Lipinski definition) is 3. The number of hydrogen-bond acceptors (Lipinski definition) is 4. The smallest absolute Gasteiger partial charge is 0.269 e. The van der Waals surface area contributed by atoms with Crippen molar-refractivity contribution in [3.63, 3.8) is 0 Å². The topological polar surface area (TPSA) is 90.5 Å². The Morgan fingerprint density at radius 2 is 1.86 bits per heavy atom. The number of rotatable bonds is 4. The second-order valence-electron chi connectivity index (χ2n) is 6.32. The number of hydrazine groups is 1. The molecule has 3 N–H and O–H groups in total. The minimum absolute atomic E-state index is 0.0915. The van der Waals surface area contributed by atoms with Gasteiger partial charge in [-0.25, -0.2) is 8.42 Å². The number of nitrogens with zero attached hydrogens (tertiary/aromatic N) is 1. The van der Waals surface area contributed by atoms with E-state index in [9.17, 15) is 13.2 Å². The van der Waals surface area contributed by atoms with Gasteiger partial charge in [-0.1, -0.05) is 30.3 Å². The highest BCUT2D eigenvalue weighted by Gasteiger charge is 2.28. The lowest BCUT2D eigenvalue weighted by molar-refractivity contribution is 0.0943. The first kappa shape index (κ1) is 20.2. The summed E-state index contributed by atoms with van der Waals surface area (Å²) >= 11 is 4.98. The summed E-state index contributed by atoms with van der Waals surface area (Å²) in [5, 5.41) is 3.13. The van der Waals surface area contributed by atoms with Crippen LogP contribution < -0.4 is 16.2 Å². The van der Waals surface area contributed by atoms with Crippen LogP contribution in [-0.2, 0) is 23.0 Å². The molecule has 28 heavy (non-hydrogen) atoms. The third-order valence-electron chi connectivity index (χ3n) is 4.46. The Morgan fingerprint density at radius 3 is 2.61 bits per heavy atom. The average Bonchev–Trinajstić information content (AvgIpc) is 2.72. The van der Waals surface area contributed by atoms with Gasteiger partial charge in [0, 0.05) is 25.2 Å². The maximum absolute atomic E-state index is 13.1. The first-order chi connectivity index (χ1) is 13.4. The number of thiocarbonyl (C=S) groups is 1. The Labute approximate surface area is 170 Å². The molecule has 0 saturated heterocycles. The molecule has 1 aliphatic rings. The normalized spacial score (nSPS) is 14.0. The van der Waals surface area contributed by atoms with E-state index in [4.69, 9.17) is 12.2 Å². The Bertz CT molecular complexity index is 992. The van der Waals surface area contributed by atoms with Crippen LogP contribution in [0.4, 0.5) is 0 Å². The van der Waals surface area contributed by atoms with Gasteiger partial charge in [0.2, 0.25) is 10.0 Å². The molecule has 7 nitrogen and oxygen atoms in total. The lowest BCUT2D eigenvalue weighted by Crippen LogP contribution is -2.46. The minimum Gasteiger partial charge on any atom is -0.362 e. The predicted octanol–water partition coefficient (Wildman–Crippen LogP) is 1.56. The molecular formula is C19H22N4O3S2. The minimum atomic E-state index is -3.71. The van der Waals surface area contributed by atoms with Gasteiger partial charge >= 0.3 is 0 Å². The maximum atomic E-state index is 13.1. The van der Waals surface area contributed by atoms with Crippen molar-refractivity contribution in [2.24, 2.45) is 0 Å². The van der Waals surface area contributed by atoms with Crippen molar-refractivity contribution < 1.29 is 13.2 Å². The largest absolute Gasteiger partial charge is 0.362 e. The number of carbonyl (C=O) groups is 1. The van der Waals surface area contributed by atoms with E-state index in [2.05, 4.69) is 16.2 Å². The fourth-order valence-corrected chi connectivity index (χ4v) is 4.67. The van der Waals surface area contributed by atoms with E-state index < -0.39 is 15.9 Å². The molecule has 9 heteroatoms. The van der Waals surface area contributed by atoms with Crippen molar-refractivity contribution in [1.82, 2.24) is 20.5 Å². The highest BCUT2D eigenvalue weighted by atomic mass is 32.2. The van der Waals surface area contributed by atoms with Gasteiger partial charge in [0.25, 0.3) is 5.91 Å². The molecule has 0 aliphatic carbocycles. The van der Waals surface area contributed by atoms with Crippen LogP contribution in [0.15, 0.2) is 53.4 Å². The van der Waals surface area contributed by atoms with Gasteiger partial charge in [-0.3, -0.25) is 15.6 Å². The van der Waals surface area contributed by atoms with E-state index in [1.165, 1.54) is 22.0 Å². The van der Waals surface area contributed by atoms with Crippen LogP contribution in [0.2, 0.25) is 0 Å². The predicted molar refractivity (Wildman–Crippen MR) is 111 cm³/mol. The van der Waals surface area contributed by atoms with Gasteiger partial charge in [-0.05, 0) is 54.9 Å². The summed E-state index contributed by atoms with van der Waals surface area (Å²) < 4.78 is 27.6. The molecule has 1 amide bonds. The summed E-state index contributed by atoms with van der Waals surface area (Å²) in [5.41, 5.74) is 7.43. The van der Waals surface area contributed by atoms with E-state index >= 15 is 0 Å². The quantitative estimate of drug-likeness (QED) is 0.516. The van der Waals surface area contributed by atoms with Crippen LogP contribution in [0.1, 0.15) is 28.4 Å². The molecule has 148 valence electrons. The van der Waals surface area contributed by atoms with Gasteiger partial charge < -0.3 is 5.32 Å². The zero-order chi connectivity index (χ0) is 20.1. The average molecular weight is 419 g/mol. The molecule has 1 aliphatic heterocycles. The SMILES string of the molecule is CCNC(=S)NNC(=O)c1cccc(S(=O)(=O)N2CCc3ccccc3C2)c1. The van der Waals surface area contributed by atoms with E-state index in [1.54, 1.807) is 12.1 Å². The van der Waals surface area contributed by atoms with Crippen LogP contribution in [0.5, 0.6) is 0 Å². The monoisotopic (exact) mass is 418 g/mol. The second kappa shape index (κ2) is 8.68. The summed E-state index contributed by atoms with van der Waals surface area (Å²) in [6, 6.07) is 13.8. The van der Waals surface area contributed by atoms with Gasteiger partial charge in [0.15, 0.2) is 5.11 Å². The number of nitrogens with one attached hydrogen (secondary N) is 3. The first-order valence-electron chi connectivity index (χ1n) is 8.93. The number of carbonyl (C=O) groups excluding carboxylic acids is 1. The van der Waals surface area contributed by atoms with Crippen LogP contribution >= 0.6 is 12.2 Å². The fraction of sp³-hybridized carbons (Fsp3) is 0.263. The summed E-state index contributed by atoms with van der Waals surface area (Å²) in [7, 11) is -3.71. The van der Waals surface area contributed by atoms with Gasteiger partial charge in [0.05, 0.1) is 4.90 Å². The van der Waals surface area contributed by atoms with E-state index in [-0.39, 0.29) is 15.6 Å². The molecule has 0 unspecified atom stereocenters. The van der Waals surface area contributed by atoms with Crippen molar-refractivity contribution in [1.29, 1.82) is 0 Å². The Morgan fingerprint density at radius 1 is 1.11 bits per heavy atom. The standard InChI is InChI=1S/C19H22N4O3S2/c1-2-20-19(27)22-21-18(24)15-8-5-9-17(12-15)28(25,26)23-11-10-14-6-3-4-7-16(14)13-23/h3-9,12H,2,10-11,13H2,1H3,(H,21,24)(H2,20,22,27). The summed E-state index contributed by atoms with van der Waals surface area (Å²) in [4.78, 5) is 12.4. The van der Waals surface area contributed by atoms with Crippen LogP contribution in [-0.4, -0.2) is 36.8 Å². The van der Waals surface area contributed by atoms with Crippen molar-refractivity contribution in [2.45, 2.75) is 24.8 Å². The van der Waals surface area contributed by atoms with E-state index in [1.807, 2.05) is 31.2 Å². The van der Waals surface area contributed by atoms with Crippen molar-refractivity contribution in [3.05, 3.63) is 65.2 Å². The molecule has 0 spiro atoms. The van der Waals surface area contributed by atoms with Crippen molar-refractivity contribution in [3.8, 4) is 0 Å². The zero-order valence-electron chi connectivity index (χ0n) is 15.4. The van der Waals surface area contributed by atoms with Gasteiger partial charge in [-0.2, -0.15) is 4.31 Å². The zero-order valence-corrected chi connectivity index (χ0v) is 17.1. The number of sulfonamides is 1. The van der Waals surface area contributed by atoms with Gasteiger partial charge in [-0.15, -0.1) is 0 Å². The second-order valence-corrected chi connectivity index (χ2v) is 8.67. The van der Waals surface area contributed by atoms with E-state index in [0.717, 1.165) is 5.56 Å². The number of benzene rings is 2. The third kappa shape index (κ3) is 4.49.